The summed E-state index contributed by atoms with van der Waals surface area (Å²) in [6.45, 7) is 3.87. The number of carbonyl (C=O) groups is 2. The van der Waals surface area contributed by atoms with Gasteiger partial charge in [-0.05, 0) is 43.7 Å². The number of benzene rings is 2. The molecule has 146 valence electrons. The van der Waals surface area contributed by atoms with Gasteiger partial charge in [-0.15, -0.1) is 0 Å². The van der Waals surface area contributed by atoms with E-state index in [1.165, 1.54) is 6.33 Å². The van der Waals surface area contributed by atoms with Crippen molar-refractivity contribution in [2.75, 3.05) is 10.6 Å². The van der Waals surface area contributed by atoms with Gasteiger partial charge >= 0.3 is 0 Å². The molecule has 2 aromatic carbocycles. The zero-order chi connectivity index (χ0) is 20.5. The van der Waals surface area contributed by atoms with Gasteiger partial charge in [0.1, 0.15) is 5.69 Å². The Hall–Kier alpha value is -3.65. The molecule has 2 amide bonds. The topological polar surface area (TPSA) is 116 Å². The smallest absolute Gasteiger partial charge is 0.276 e. The Bertz CT molecular complexity index is 1240. The maximum Gasteiger partial charge on any atom is 0.276 e. The molecule has 2 aromatic heterocycles. The number of imidazole rings is 2. The third kappa shape index (κ3) is 3.83. The fraction of sp³-hybridized carbons (Fsp3) is 0.100. The Morgan fingerprint density at radius 2 is 1.86 bits per heavy atom. The lowest BCUT2D eigenvalue weighted by atomic mass is 10.1. The second kappa shape index (κ2) is 7.40. The van der Waals surface area contributed by atoms with Crippen LogP contribution in [0.2, 0.25) is 5.02 Å². The number of amides is 2. The Morgan fingerprint density at radius 3 is 2.66 bits per heavy atom. The minimum absolute atomic E-state index is 0.0124. The summed E-state index contributed by atoms with van der Waals surface area (Å²) in [5.41, 5.74) is 4.03. The number of aromatic nitrogens is 4. The van der Waals surface area contributed by atoms with Crippen molar-refractivity contribution >= 4 is 46.1 Å². The molecular formula is C20H17ClN6O2. The number of H-pyrrole nitrogens is 2. The normalized spacial score (nSPS) is 10.9. The number of rotatable bonds is 4. The van der Waals surface area contributed by atoms with Crippen molar-refractivity contribution in [2.24, 2.45) is 0 Å². The van der Waals surface area contributed by atoms with E-state index in [0.29, 0.717) is 16.2 Å². The maximum atomic E-state index is 12.7. The van der Waals surface area contributed by atoms with Gasteiger partial charge in [-0.3, -0.25) is 14.9 Å². The molecule has 0 aliphatic heterocycles. The average molecular weight is 409 g/mol. The highest BCUT2D eigenvalue weighted by molar-refractivity contribution is 6.31. The summed E-state index contributed by atoms with van der Waals surface area (Å²) in [6, 6.07) is 10.8. The summed E-state index contributed by atoms with van der Waals surface area (Å²) in [6.07, 6.45) is 1.30. The number of anilines is 2. The number of fused-ring (bicyclic) bond motifs is 1. The standard InChI is InChI=1S/C20H17ClN6O2/c1-10-3-5-13(11(2)7-10)24-18(28)16-17(23-9-22-16)19(29)27-20-25-14-6-4-12(21)8-15(14)26-20/h3-9H,1-2H3,(H,22,23)(H,24,28)(H2,25,26,27,29). The Balaban J connectivity index is 1.54. The number of aryl methyl sites for hydroxylation is 2. The summed E-state index contributed by atoms with van der Waals surface area (Å²) in [7, 11) is 0. The first-order chi connectivity index (χ1) is 13.9. The van der Waals surface area contributed by atoms with Gasteiger partial charge in [-0.2, -0.15) is 0 Å². The van der Waals surface area contributed by atoms with E-state index in [9.17, 15) is 9.59 Å². The lowest BCUT2D eigenvalue weighted by Gasteiger charge is -2.09. The van der Waals surface area contributed by atoms with Gasteiger partial charge in [0.05, 0.1) is 17.4 Å². The summed E-state index contributed by atoms with van der Waals surface area (Å²) in [4.78, 5) is 39.3. The van der Waals surface area contributed by atoms with E-state index in [1.807, 2.05) is 32.0 Å². The Labute approximate surface area is 170 Å². The Kier molecular flexibility index (Phi) is 4.77. The van der Waals surface area contributed by atoms with Crippen LogP contribution in [0.1, 0.15) is 32.1 Å². The molecule has 2 heterocycles. The summed E-state index contributed by atoms with van der Waals surface area (Å²) in [5, 5.41) is 5.96. The van der Waals surface area contributed by atoms with Crippen LogP contribution in [0.5, 0.6) is 0 Å². The fourth-order valence-electron chi connectivity index (χ4n) is 2.98. The minimum Gasteiger partial charge on any atom is -0.340 e. The highest BCUT2D eigenvalue weighted by Crippen LogP contribution is 2.20. The zero-order valence-electron chi connectivity index (χ0n) is 15.6. The molecule has 4 rings (SSSR count). The van der Waals surface area contributed by atoms with Crippen LogP contribution in [0.25, 0.3) is 11.0 Å². The second-order valence-electron chi connectivity index (χ2n) is 6.60. The van der Waals surface area contributed by atoms with Gasteiger partial charge in [-0.25, -0.2) is 9.97 Å². The van der Waals surface area contributed by atoms with E-state index < -0.39 is 11.8 Å². The molecular weight excluding hydrogens is 392 g/mol. The Morgan fingerprint density at radius 1 is 1.03 bits per heavy atom. The van der Waals surface area contributed by atoms with Crippen molar-refractivity contribution in [3.05, 3.63) is 70.3 Å². The number of hydrogen-bond donors (Lipinski definition) is 4. The van der Waals surface area contributed by atoms with Crippen molar-refractivity contribution < 1.29 is 9.59 Å². The van der Waals surface area contributed by atoms with Crippen LogP contribution < -0.4 is 10.6 Å². The van der Waals surface area contributed by atoms with Gasteiger partial charge in [-0.1, -0.05) is 29.3 Å². The van der Waals surface area contributed by atoms with E-state index in [2.05, 4.69) is 30.6 Å². The van der Waals surface area contributed by atoms with Gasteiger partial charge in [0.15, 0.2) is 5.69 Å². The number of hydrogen-bond acceptors (Lipinski definition) is 4. The van der Waals surface area contributed by atoms with Gasteiger partial charge in [0.25, 0.3) is 11.8 Å². The van der Waals surface area contributed by atoms with Gasteiger partial charge in [0.2, 0.25) is 5.95 Å². The van der Waals surface area contributed by atoms with Crippen molar-refractivity contribution in [1.82, 2.24) is 19.9 Å². The predicted molar refractivity (Wildman–Crippen MR) is 112 cm³/mol. The van der Waals surface area contributed by atoms with Crippen LogP contribution in [0.15, 0.2) is 42.7 Å². The molecule has 8 nitrogen and oxygen atoms in total. The van der Waals surface area contributed by atoms with E-state index >= 15 is 0 Å². The van der Waals surface area contributed by atoms with E-state index in [0.717, 1.165) is 16.6 Å². The molecule has 0 spiro atoms. The van der Waals surface area contributed by atoms with Crippen LogP contribution >= 0.6 is 11.6 Å². The quantitative estimate of drug-likeness (QED) is 0.407. The fourth-order valence-corrected chi connectivity index (χ4v) is 3.15. The molecule has 0 atom stereocenters. The van der Waals surface area contributed by atoms with E-state index in [4.69, 9.17) is 11.6 Å². The average Bonchev–Trinajstić information content (AvgIpc) is 3.30. The number of aromatic amines is 2. The molecule has 4 N–H and O–H groups in total. The third-order valence-electron chi connectivity index (χ3n) is 4.39. The first kappa shape index (κ1) is 18.7. The monoisotopic (exact) mass is 408 g/mol. The number of carbonyl (C=O) groups excluding carboxylic acids is 2. The number of halogens is 1. The minimum atomic E-state index is -0.543. The largest absolute Gasteiger partial charge is 0.340 e. The summed E-state index contributed by atoms with van der Waals surface area (Å²) >= 11 is 5.96. The van der Waals surface area contributed by atoms with Crippen molar-refractivity contribution in [3.8, 4) is 0 Å². The molecule has 4 aromatic rings. The number of nitrogens with one attached hydrogen (secondary N) is 4. The van der Waals surface area contributed by atoms with Crippen molar-refractivity contribution in [3.63, 3.8) is 0 Å². The van der Waals surface area contributed by atoms with Gasteiger partial charge in [0, 0.05) is 10.7 Å². The molecule has 29 heavy (non-hydrogen) atoms. The molecule has 0 aliphatic carbocycles. The third-order valence-corrected chi connectivity index (χ3v) is 4.62. The van der Waals surface area contributed by atoms with Crippen LogP contribution in [0.4, 0.5) is 11.6 Å². The number of nitrogens with zero attached hydrogens (tertiary/aromatic N) is 2. The SMILES string of the molecule is Cc1ccc(NC(=O)c2nc[nH]c2C(=O)Nc2nc3cc(Cl)ccc3[nH]2)c(C)c1. The highest BCUT2D eigenvalue weighted by Gasteiger charge is 2.22. The molecule has 0 aliphatic rings. The molecule has 0 saturated heterocycles. The van der Waals surface area contributed by atoms with Crippen molar-refractivity contribution in [1.29, 1.82) is 0 Å². The highest BCUT2D eigenvalue weighted by atomic mass is 35.5. The lowest BCUT2D eigenvalue weighted by molar-refractivity contribution is 0.0985. The molecule has 0 radical (unpaired) electrons. The summed E-state index contributed by atoms with van der Waals surface area (Å²) < 4.78 is 0. The first-order valence-electron chi connectivity index (χ1n) is 8.79. The first-order valence-corrected chi connectivity index (χ1v) is 9.17. The molecule has 9 heteroatoms. The second-order valence-corrected chi connectivity index (χ2v) is 7.04. The zero-order valence-corrected chi connectivity index (χ0v) is 16.4. The molecule has 0 bridgehead atoms. The molecule has 0 saturated carbocycles. The van der Waals surface area contributed by atoms with Crippen LogP contribution in [-0.4, -0.2) is 31.8 Å². The lowest BCUT2D eigenvalue weighted by Crippen LogP contribution is -2.21. The van der Waals surface area contributed by atoms with E-state index in [1.54, 1.807) is 18.2 Å². The van der Waals surface area contributed by atoms with Crippen LogP contribution in [0, 0.1) is 13.8 Å². The molecule has 0 unspecified atom stereocenters. The molecule has 0 fully saturated rings. The van der Waals surface area contributed by atoms with Crippen LogP contribution in [-0.2, 0) is 0 Å². The van der Waals surface area contributed by atoms with E-state index in [-0.39, 0.29) is 17.3 Å². The van der Waals surface area contributed by atoms with Crippen LogP contribution in [0.3, 0.4) is 0 Å². The van der Waals surface area contributed by atoms with Crippen molar-refractivity contribution in [2.45, 2.75) is 13.8 Å². The summed E-state index contributed by atoms with van der Waals surface area (Å²) in [5.74, 6) is -0.791. The van der Waals surface area contributed by atoms with Gasteiger partial charge < -0.3 is 15.3 Å². The predicted octanol–water partition coefficient (Wildman–Crippen LogP) is 4.06. The maximum absolute atomic E-state index is 12.7.